The first-order valence-corrected chi connectivity index (χ1v) is 7.29. The Kier molecular flexibility index (Phi) is 5.07. The molecule has 0 radical (unpaired) electrons. The van der Waals surface area contributed by atoms with E-state index in [0.29, 0.717) is 23.6 Å². The summed E-state index contributed by atoms with van der Waals surface area (Å²) in [6.07, 6.45) is 2.13. The van der Waals surface area contributed by atoms with E-state index in [1.807, 2.05) is 6.07 Å². The molecular weight excluding hydrogens is 268 g/mol. The molecule has 1 aromatic rings. The molecule has 0 saturated carbocycles. The van der Waals surface area contributed by atoms with Gasteiger partial charge in [-0.05, 0) is 43.5 Å². The van der Waals surface area contributed by atoms with Crippen LogP contribution in [0.4, 0.5) is 0 Å². The maximum Gasteiger partial charge on any atom is 0.258 e. The molecule has 1 saturated heterocycles. The lowest BCUT2D eigenvalue weighted by atomic mass is 9.81. The molecule has 0 bridgehead atoms. The Labute approximate surface area is 126 Å². The fourth-order valence-electron chi connectivity index (χ4n) is 2.66. The average Bonchev–Trinajstić information content (AvgIpc) is 2.52. The molecule has 0 spiro atoms. The van der Waals surface area contributed by atoms with Crippen molar-refractivity contribution in [3.63, 3.8) is 0 Å². The second-order valence-corrected chi connectivity index (χ2v) is 5.78. The second kappa shape index (κ2) is 6.80. The fourth-order valence-corrected chi connectivity index (χ4v) is 2.66. The largest absolute Gasteiger partial charge is 0.496 e. The van der Waals surface area contributed by atoms with Crippen molar-refractivity contribution in [2.75, 3.05) is 33.9 Å². The zero-order valence-electron chi connectivity index (χ0n) is 13.0. The van der Waals surface area contributed by atoms with Gasteiger partial charge in [0.25, 0.3) is 5.91 Å². The molecule has 0 aliphatic carbocycles. The molecule has 0 atom stereocenters. The number of amides is 1. The van der Waals surface area contributed by atoms with Crippen molar-refractivity contribution in [2.24, 2.45) is 5.41 Å². The number of benzene rings is 1. The van der Waals surface area contributed by atoms with Gasteiger partial charge in [-0.25, -0.2) is 0 Å². The van der Waals surface area contributed by atoms with Gasteiger partial charge in [-0.15, -0.1) is 0 Å². The van der Waals surface area contributed by atoms with Crippen molar-refractivity contribution >= 4 is 5.91 Å². The van der Waals surface area contributed by atoms with Crippen molar-refractivity contribution in [3.05, 3.63) is 23.8 Å². The predicted molar refractivity (Wildman–Crippen MR) is 82.1 cm³/mol. The molecule has 1 aliphatic rings. The number of methoxy groups -OCH3 is 2. The maximum absolute atomic E-state index is 12.5. The van der Waals surface area contributed by atoms with Crippen LogP contribution >= 0.6 is 0 Å². The molecule has 2 rings (SSSR count). The van der Waals surface area contributed by atoms with Crippen molar-refractivity contribution < 1.29 is 14.3 Å². The summed E-state index contributed by atoms with van der Waals surface area (Å²) in [4.78, 5) is 12.5. The van der Waals surface area contributed by atoms with E-state index >= 15 is 0 Å². The van der Waals surface area contributed by atoms with Crippen LogP contribution < -0.4 is 20.1 Å². The summed E-state index contributed by atoms with van der Waals surface area (Å²) >= 11 is 0. The molecule has 5 nitrogen and oxygen atoms in total. The molecule has 21 heavy (non-hydrogen) atoms. The zero-order chi connectivity index (χ0) is 15.3. The first kappa shape index (κ1) is 15.6. The SMILES string of the molecule is COc1cccc(OC)c1C(=O)NCC1(C)CCNCC1. The van der Waals surface area contributed by atoms with Crippen molar-refractivity contribution in [1.29, 1.82) is 0 Å². The van der Waals surface area contributed by atoms with Gasteiger partial charge in [0.1, 0.15) is 17.1 Å². The first-order valence-electron chi connectivity index (χ1n) is 7.29. The van der Waals surface area contributed by atoms with E-state index in [1.54, 1.807) is 26.4 Å². The maximum atomic E-state index is 12.5. The van der Waals surface area contributed by atoms with Crippen LogP contribution in [0, 0.1) is 5.41 Å². The minimum atomic E-state index is -0.149. The monoisotopic (exact) mass is 292 g/mol. The number of piperidine rings is 1. The minimum absolute atomic E-state index is 0.149. The number of carbonyl (C=O) groups is 1. The van der Waals surface area contributed by atoms with Crippen LogP contribution in [-0.2, 0) is 0 Å². The van der Waals surface area contributed by atoms with Crippen LogP contribution in [0.25, 0.3) is 0 Å². The summed E-state index contributed by atoms with van der Waals surface area (Å²) in [5.41, 5.74) is 0.607. The van der Waals surface area contributed by atoms with Gasteiger partial charge in [0.15, 0.2) is 0 Å². The molecule has 2 N–H and O–H groups in total. The van der Waals surface area contributed by atoms with E-state index in [9.17, 15) is 4.79 Å². The molecule has 0 aromatic heterocycles. The number of hydrogen-bond donors (Lipinski definition) is 2. The van der Waals surface area contributed by atoms with Crippen molar-refractivity contribution in [2.45, 2.75) is 19.8 Å². The van der Waals surface area contributed by atoms with E-state index in [2.05, 4.69) is 17.6 Å². The van der Waals surface area contributed by atoms with E-state index in [-0.39, 0.29) is 11.3 Å². The van der Waals surface area contributed by atoms with E-state index in [0.717, 1.165) is 25.9 Å². The highest BCUT2D eigenvalue weighted by Gasteiger charge is 2.28. The first-order chi connectivity index (χ1) is 10.1. The molecule has 5 heteroatoms. The Morgan fingerprint density at radius 1 is 1.24 bits per heavy atom. The lowest BCUT2D eigenvalue weighted by Crippen LogP contribution is -2.43. The van der Waals surface area contributed by atoms with Gasteiger partial charge in [-0.2, -0.15) is 0 Å². The van der Waals surface area contributed by atoms with E-state index < -0.39 is 0 Å². The topological polar surface area (TPSA) is 59.6 Å². The zero-order valence-corrected chi connectivity index (χ0v) is 13.0. The molecule has 116 valence electrons. The summed E-state index contributed by atoms with van der Waals surface area (Å²) in [7, 11) is 3.11. The quantitative estimate of drug-likeness (QED) is 0.869. The normalized spacial score (nSPS) is 17.1. The van der Waals surface area contributed by atoms with Gasteiger partial charge in [0.2, 0.25) is 0 Å². The van der Waals surface area contributed by atoms with Gasteiger partial charge in [0, 0.05) is 6.54 Å². The summed E-state index contributed by atoms with van der Waals surface area (Å²) in [5, 5.41) is 6.37. The second-order valence-electron chi connectivity index (χ2n) is 5.78. The van der Waals surface area contributed by atoms with Gasteiger partial charge < -0.3 is 20.1 Å². The molecule has 0 unspecified atom stereocenters. The number of nitrogens with one attached hydrogen (secondary N) is 2. The highest BCUT2D eigenvalue weighted by Crippen LogP contribution is 2.30. The summed E-state index contributed by atoms with van der Waals surface area (Å²) in [5.74, 6) is 0.911. The van der Waals surface area contributed by atoms with E-state index in [4.69, 9.17) is 9.47 Å². The third kappa shape index (κ3) is 3.67. The van der Waals surface area contributed by atoms with Gasteiger partial charge in [0.05, 0.1) is 14.2 Å². The third-order valence-electron chi connectivity index (χ3n) is 4.14. The molecular formula is C16H24N2O3. The van der Waals surface area contributed by atoms with Gasteiger partial charge in [-0.1, -0.05) is 13.0 Å². The number of rotatable bonds is 5. The Morgan fingerprint density at radius 2 is 1.81 bits per heavy atom. The molecule has 1 amide bonds. The highest BCUT2D eigenvalue weighted by atomic mass is 16.5. The van der Waals surface area contributed by atoms with Crippen LogP contribution in [0.3, 0.4) is 0 Å². The van der Waals surface area contributed by atoms with Crippen molar-refractivity contribution in [3.8, 4) is 11.5 Å². The molecule has 1 aliphatic heterocycles. The van der Waals surface area contributed by atoms with Crippen molar-refractivity contribution in [1.82, 2.24) is 10.6 Å². The Balaban J connectivity index is 2.09. The summed E-state index contributed by atoms with van der Waals surface area (Å²) in [6, 6.07) is 5.34. The Bertz CT molecular complexity index is 474. The fraction of sp³-hybridized carbons (Fsp3) is 0.562. The summed E-state index contributed by atoms with van der Waals surface area (Å²) < 4.78 is 10.6. The van der Waals surface area contributed by atoms with Gasteiger partial charge in [-0.3, -0.25) is 4.79 Å². The van der Waals surface area contributed by atoms with Crippen LogP contribution in [0.1, 0.15) is 30.1 Å². The number of ether oxygens (including phenoxy) is 2. The molecule has 1 aromatic carbocycles. The number of hydrogen-bond acceptors (Lipinski definition) is 4. The standard InChI is InChI=1S/C16H24N2O3/c1-16(7-9-17-10-8-16)11-18-15(19)14-12(20-2)5-4-6-13(14)21-3/h4-6,17H,7-11H2,1-3H3,(H,18,19). The van der Waals surface area contributed by atoms with Crippen LogP contribution in [-0.4, -0.2) is 39.8 Å². The predicted octanol–water partition coefficient (Wildman–Crippen LogP) is 1.82. The Morgan fingerprint density at radius 3 is 2.33 bits per heavy atom. The smallest absolute Gasteiger partial charge is 0.258 e. The van der Waals surface area contributed by atoms with Crippen LogP contribution in [0.2, 0.25) is 0 Å². The lowest BCUT2D eigenvalue weighted by Gasteiger charge is -2.34. The van der Waals surface area contributed by atoms with Crippen LogP contribution in [0.5, 0.6) is 11.5 Å². The highest BCUT2D eigenvalue weighted by molar-refractivity contribution is 5.99. The lowest BCUT2D eigenvalue weighted by molar-refractivity contribution is 0.0916. The van der Waals surface area contributed by atoms with Crippen LogP contribution in [0.15, 0.2) is 18.2 Å². The average molecular weight is 292 g/mol. The summed E-state index contributed by atoms with van der Waals surface area (Å²) in [6.45, 7) is 4.89. The van der Waals surface area contributed by atoms with Gasteiger partial charge >= 0.3 is 0 Å². The Hall–Kier alpha value is -1.75. The third-order valence-corrected chi connectivity index (χ3v) is 4.14. The molecule has 1 fully saturated rings. The molecule has 1 heterocycles. The minimum Gasteiger partial charge on any atom is -0.496 e. The number of carbonyl (C=O) groups excluding carboxylic acids is 1. The van der Waals surface area contributed by atoms with E-state index in [1.165, 1.54) is 0 Å².